The van der Waals surface area contributed by atoms with Crippen LogP contribution in [0, 0.1) is 0 Å². The van der Waals surface area contributed by atoms with Crippen LogP contribution in [0.3, 0.4) is 0 Å². The predicted octanol–water partition coefficient (Wildman–Crippen LogP) is 4.87. The molecule has 2 unspecified atom stereocenters. The summed E-state index contributed by atoms with van der Waals surface area (Å²) < 4.78 is 36.8. The van der Waals surface area contributed by atoms with Crippen molar-refractivity contribution in [3.05, 3.63) is 128 Å². The minimum Gasteiger partial charge on any atom is -0.478 e. The molecule has 1 fully saturated rings. The first-order valence-electron chi connectivity index (χ1n) is 13.6. The molecule has 10 nitrogen and oxygen atoms in total. The van der Waals surface area contributed by atoms with Gasteiger partial charge in [0.15, 0.2) is 0 Å². The van der Waals surface area contributed by atoms with E-state index in [4.69, 9.17) is 27.9 Å². The van der Waals surface area contributed by atoms with Gasteiger partial charge in [0.25, 0.3) is 21.5 Å². The van der Waals surface area contributed by atoms with Crippen LogP contribution in [0.25, 0.3) is 0 Å². The monoisotopic (exact) mass is 653 g/mol. The molecular weight excluding hydrogens is 629 g/mol. The van der Waals surface area contributed by atoms with Crippen LogP contribution in [0.1, 0.15) is 43.9 Å². The van der Waals surface area contributed by atoms with Crippen molar-refractivity contribution in [2.45, 2.75) is 17.0 Å². The van der Waals surface area contributed by atoms with Gasteiger partial charge < -0.3 is 14.7 Å². The summed E-state index contributed by atoms with van der Waals surface area (Å²) >= 11 is 12.4. The molecule has 3 aromatic carbocycles. The number of carbonyl (C=O) groups excluding carboxylic acids is 1. The van der Waals surface area contributed by atoms with E-state index in [1.807, 2.05) is 0 Å². The van der Waals surface area contributed by atoms with Crippen molar-refractivity contribution in [1.82, 2.24) is 9.47 Å². The van der Waals surface area contributed by atoms with Crippen molar-refractivity contribution in [2.24, 2.45) is 0 Å². The summed E-state index contributed by atoms with van der Waals surface area (Å²) in [7, 11) is -4.50. The fraction of sp³-hybridized carbons (Fsp3) is 0.194. The number of morpholine rings is 1. The van der Waals surface area contributed by atoms with Crippen LogP contribution in [-0.2, 0) is 14.8 Å². The number of halogens is 2. The van der Waals surface area contributed by atoms with E-state index in [1.165, 1.54) is 39.8 Å². The maximum Gasteiger partial charge on any atom is 0.335 e. The standard InChI is InChI=1S/C31H25Cl2N3O7S/c32-22-8-4-19(5-9-22)27-28(20-6-10-23(33)11-7-20)36(44(41,42)24-3-1-2-21(18-24)31(39)40)26-13-12-25(30(38)35(26)27)29(37)34-14-16-43-17-15-34/h1-13,18,27-28H,14-17H2,(H,39,40). The minimum atomic E-state index is -4.50. The fourth-order valence-corrected chi connectivity index (χ4v) is 7.58. The molecule has 1 saturated heterocycles. The molecule has 0 saturated carbocycles. The van der Waals surface area contributed by atoms with Crippen LogP contribution >= 0.6 is 23.2 Å². The Hall–Kier alpha value is -4.16. The second-order valence-corrected chi connectivity index (χ2v) is 13.0. The normalized spacial score (nSPS) is 18.2. The first-order valence-corrected chi connectivity index (χ1v) is 15.8. The Morgan fingerprint density at radius 3 is 2.00 bits per heavy atom. The Labute approximate surface area is 262 Å². The van der Waals surface area contributed by atoms with Gasteiger partial charge in [-0.25, -0.2) is 17.5 Å². The highest BCUT2D eigenvalue weighted by molar-refractivity contribution is 7.92. The number of carboxylic acids is 1. The maximum absolute atomic E-state index is 14.5. The Balaban J connectivity index is 1.62. The quantitative estimate of drug-likeness (QED) is 0.315. The molecule has 44 heavy (non-hydrogen) atoms. The van der Waals surface area contributed by atoms with Crippen molar-refractivity contribution < 1.29 is 27.9 Å². The van der Waals surface area contributed by atoms with Gasteiger partial charge in [-0.1, -0.05) is 53.5 Å². The average Bonchev–Trinajstić information content (AvgIpc) is 3.39. The number of fused-ring (bicyclic) bond motifs is 1. The molecule has 0 spiro atoms. The number of sulfonamides is 1. The molecule has 2 aliphatic heterocycles. The Kier molecular flexibility index (Phi) is 7.97. The van der Waals surface area contributed by atoms with E-state index in [9.17, 15) is 27.9 Å². The van der Waals surface area contributed by atoms with E-state index in [0.29, 0.717) is 47.5 Å². The maximum atomic E-state index is 14.5. The Morgan fingerprint density at radius 1 is 0.818 bits per heavy atom. The highest BCUT2D eigenvalue weighted by Crippen LogP contribution is 2.49. The second kappa shape index (κ2) is 11.7. The van der Waals surface area contributed by atoms with Crippen LogP contribution in [0.5, 0.6) is 0 Å². The van der Waals surface area contributed by atoms with Gasteiger partial charge in [0.1, 0.15) is 11.4 Å². The molecule has 0 bridgehead atoms. The number of hydrogen-bond donors (Lipinski definition) is 1. The highest BCUT2D eigenvalue weighted by atomic mass is 35.5. The molecule has 1 aromatic heterocycles. The number of nitrogens with zero attached hydrogens (tertiary/aromatic N) is 3. The molecule has 0 aliphatic carbocycles. The number of rotatable bonds is 6. The Morgan fingerprint density at radius 2 is 1.41 bits per heavy atom. The fourth-order valence-electron chi connectivity index (χ4n) is 5.65. The molecule has 226 valence electrons. The average molecular weight is 655 g/mol. The van der Waals surface area contributed by atoms with Gasteiger partial charge >= 0.3 is 5.97 Å². The van der Waals surface area contributed by atoms with Crippen molar-refractivity contribution in [2.75, 3.05) is 30.6 Å². The number of carboxylic acid groups (broad SMARTS) is 1. The predicted molar refractivity (Wildman–Crippen MR) is 164 cm³/mol. The van der Waals surface area contributed by atoms with E-state index >= 15 is 0 Å². The van der Waals surface area contributed by atoms with Crippen LogP contribution < -0.4 is 9.86 Å². The van der Waals surface area contributed by atoms with E-state index in [2.05, 4.69) is 0 Å². The summed E-state index contributed by atoms with van der Waals surface area (Å²) in [6.45, 7) is 1.31. The van der Waals surface area contributed by atoms with Crippen LogP contribution in [-0.4, -0.2) is 61.2 Å². The number of carbonyl (C=O) groups is 2. The highest BCUT2D eigenvalue weighted by Gasteiger charge is 2.48. The van der Waals surface area contributed by atoms with Crippen LogP contribution in [0.15, 0.2) is 94.6 Å². The molecule has 6 rings (SSSR count). The van der Waals surface area contributed by atoms with Crippen molar-refractivity contribution in [1.29, 1.82) is 0 Å². The molecule has 13 heteroatoms. The smallest absolute Gasteiger partial charge is 0.335 e. The second-order valence-electron chi connectivity index (χ2n) is 10.3. The number of pyridine rings is 1. The van der Waals surface area contributed by atoms with Gasteiger partial charge in [-0.05, 0) is 65.7 Å². The van der Waals surface area contributed by atoms with E-state index in [-0.39, 0.29) is 21.8 Å². The Bertz CT molecular complexity index is 1920. The summed E-state index contributed by atoms with van der Waals surface area (Å²) in [5.74, 6) is -1.77. The third-order valence-corrected chi connectivity index (χ3v) is 10.0. The van der Waals surface area contributed by atoms with Gasteiger partial charge in [0.05, 0.1) is 35.8 Å². The lowest BCUT2D eigenvalue weighted by molar-refractivity contribution is 0.0301. The molecule has 1 N–H and O–H groups in total. The van der Waals surface area contributed by atoms with Crippen LogP contribution in [0.4, 0.5) is 5.82 Å². The third-order valence-electron chi connectivity index (χ3n) is 7.74. The molecule has 0 radical (unpaired) electrons. The lowest BCUT2D eigenvalue weighted by atomic mass is 9.94. The van der Waals surface area contributed by atoms with Gasteiger partial charge in [-0.15, -0.1) is 0 Å². The molecule has 4 aromatic rings. The zero-order valence-corrected chi connectivity index (χ0v) is 25.3. The number of amides is 1. The van der Waals surface area contributed by atoms with Crippen LogP contribution in [0.2, 0.25) is 10.0 Å². The number of ether oxygens (including phenoxy) is 1. The number of anilines is 1. The van der Waals surface area contributed by atoms with Gasteiger partial charge in [-0.3, -0.25) is 14.2 Å². The molecule has 1 amide bonds. The summed E-state index contributed by atoms with van der Waals surface area (Å²) in [6.07, 6.45) is 0. The van der Waals surface area contributed by atoms with Gasteiger partial charge in [-0.2, -0.15) is 0 Å². The summed E-state index contributed by atoms with van der Waals surface area (Å²) in [4.78, 5) is 40.8. The topological polar surface area (TPSA) is 126 Å². The van der Waals surface area contributed by atoms with Gasteiger partial charge in [0.2, 0.25) is 0 Å². The number of aromatic carboxylic acids is 1. The number of hydrogen-bond acceptors (Lipinski definition) is 6. The molecule has 3 heterocycles. The molecule has 2 atom stereocenters. The summed E-state index contributed by atoms with van der Waals surface area (Å²) in [5, 5.41) is 10.4. The molecular formula is C31H25Cl2N3O7S. The van der Waals surface area contributed by atoms with Crippen molar-refractivity contribution in [3.8, 4) is 0 Å². The zero-order valence-electron chi connectivity index (χ0n) is 23.0. The largest absolute Gasteiger partial charge is 0.478 e. The lowest BCUT2D eigenvalue weighted by Crippen LogP contribution is -2.43. The summed E-state index contributed by atoms with van der Waals surface area (Å²) in [5.41, 5.74) is 0.0695. The number of benzene rings is 3. The number of aromatic nitrogens is 1. The van der Waals surface area contributed by atoms with E-state index < -0.39 is 39.5 Å². The van der Waals surface area contributed by atoms with Crippen molar-refractivity contribution in [3.63, 3.8) is 0 Å². The minimum absolute atomic E-state index is 0.00848. The van der Waals surface area contributed by atoms with E-state index in [0.717, 1.165) is 10.4 Å². The zero-order chi connectivity index (χ0) is 31.2. The van der Waals surface area contributed by atoms with E-state index in [1.54, 1.807) is 48.5 Å². The van der Waals surface area contributed by atoms with Crippen molar-refractivity contribution >= 4 is 50.9 Å². The third kappa shape index (κ3) is 5.26. The first-order chi connectivity index (χ1) is 21.1. The SMILES string of the molecule is O=C(O)c1cccc(S(=O)(=O)N2c3ccc(C(=O)N4CCOCC4)c(=O)n3C(c3ccc(Cl)cc3)C2c2ccc(Cl)cc2)c1. The first kappa shape index (κ1) is 29.9. The van der Waals surface area contributed by atoms with Gasteiger partial charge in [0, 0.05) is 23.1 Å². The lowest BCUT2D eigenvalue weighted by Gasteiger charge is -2.29. The molecule has 2 aliphatic rings. The summed E-state index contributed by atoms with van der Waals surface area (Å²) in [6, 6.07) is 19.1.